The largest absolute Gasteiger partial charge is 0.497 e. The van der Waals surface area contributed by atoms with E-state index in [0.29, 0.717) is 22.7 Å². The maximum atomic E-state index is 12.9. The molecule has 2 aromatic carbocycles. The summed E-state index contributed by atoms with van der Waals surface area (Å²) in [6.07, 6.45) is 5.06. The van der Waals surface area contributed by atoms with Crippen molar-refractivity contribution in [3.63, 3.8) is 0 Å². The first-order valence-electron chi connectivity index (χ1n) is 9.68. The average Bonchev–Trinajstić information content (AvgIpc) is 3.42. The number of hydrogen-bond donors (Lipinski definition) is 1. The molecular formula is C23H20N2O4. The van der Waals surface area contributed by atoms with E-state index in [4.69, 9.17) is 4.74 Å². The lowest BCUT2D eigenvalue weighted by molar-refractivity contribution is -0.123. The summed E-state index contributed by atoms with van der Waals surface area (Å²) in [7, 11) is 1.57. The summed E-state index contributed by atoms with van der Waals surface area (Å²) in [5.41, 5.74) is 1.59. The van der Waals surface area contributed by atoms with Crippen molar-refractivity contribution >= 4 is 29.1 Å². The maximum absolute atomic E-state index is 12.9. The number of nitrogens with one attached hydrogen (secondary N) is 1. The van der Waals surface area contributed by atoms with Gasteiger partial charge in [0.05, 0.1) is 24.6 Å². The van der Waals surface area contributed by atoms with Gasteiger partial charge in [-0.25, -0.2) is 0 Å². The number of anilines is 2. The van der Waals surface area contributed by atoms with Gasteiger partial charge in [0.1, 0.15) is 5.75 Å². The number of nitrogens with zero attached hydrogens (tertiary/aromatic N) is 1. The Morgan fingerprint density at radius 1 is 1.00 bits per heavy atom. The van der Waals surface area contributed by atoms with Crippen LogP contribution in [0.25, 0.3) is 0 Å². The van der Waals surface area contributed by atoms with Gasteiger partial charge in [-0.1, -0.05) is 18.2 Å². The summed E-state index contributed by atoms with van der Waals surface area (Å²) in [5.74, 6) is 0.0397. The maximum Gasteiger partial charge on any atom is 0.255 e. The second-order valence-corrected chi connectivity index (χ2v) is 7.74. The Labute approximate surface area is 168 Å². The van der Waals surface area contributed by atoms with Crippen LogP contribution >= 0.6 is 0 Å². The smallest absolute Gasteiger partial charge is 0.255 e. The first-order chi connectivity index (χ1) is 14.1. The van der Waals surface area contributed by atoms with Crippen LogP contribution < -0.4 is 15.0 Å². The Bertz CT molecular complexity index is 1010. The van der Waals surface area contributed by atoms with Crippen molar-refractivity contribution in [2.75, 3.05) is 17.3 Å². The Hall–Kier alpha value is -3.41. The molecule has 146 valence electrons. The molecule has 4 atom stereocenters. The molecule has 2 bridgehead atoms. The van der Waals surface area contributed by atoms with E-state index in [1.807, 2.05) is 0 Å². The molecule has 0 aromatic heterocycles. The van der Waals surface area contributed by atoms with E-state index in [2.05, 4.69) is 17.5 Å². The third-order valence-corrected chi connectivity index (χ3v) is 6.19. The van der Waals surface area contributed by atoms with Crippen LogP contribution in [0.4, 0.5) is 11.4 Å². The monoisotopic (exact) mass is 388 g/mol. The summed E-state index contributed by atoms with van der Waals surface area (Å²) in [4.78, 5) is 39.6. The molecule has 1 N–H and O–H groups in total. The van der Waals surface area contributed by atoms with Gasteiger partial charge in [-0.3, -0.25) is 19.3 Å². The molecule has 2 aliphatic carbocycles. The molecule has 0 radical (unpaired) electrons. The number of amides is 3. The Morgan fingerprint density at radius 3 is 2.28 bits per heavy atom. The highest BCUT2D eigenvalue weighted by Gasteiger charge is 2.59. The van der Waals surface area contributed by atoms with Crippen LogP contribution in [0.3, 0.4) is 0 Å². The van der Waals surface area contributed by atoms with E-state index in [0.717, 1.165) is 6.42 Å². The number of benzene rings is 2. The van der Waals surface area contributed by atoms with E-state index in [9.17, 15) is 14.4 Å². The highest BCUT2D eigenvalue weighted by molar-refractivity contribution is 6.23. The summed E-state index contributed by atoms with van der Waals surface area (Å²) in [6, 6.07) is 13.7. The minimum atomic E-state index is -0.275. The summed E-state index contributed by atoms with van der Waals surface area (Å²) in [5, 5.41) is 2.82. The van der Waals surface area contributed by atoms with Crippen LogP contribution in [-0.2, 0) is 9.59 Å². The van der Waals surface area contributed by atoms with Crippen LogP contribution in [0.5, 0.6) is 5.75 Å². The molecule has 1 heterocycles. The van der Waals surface area contributed by atoms with Crippen LogP contribution in [0.15, 0.2) is 60.7 Å². The number of ether oxygens (including phenoxy) is 1. The summed E-state index contributed by atoms with van der Waals surface area (Å²) >= 11 is 0. The number of carbonyl (C=O) groups excluding carboxylic acids is 3. The molecule has 6 heteroatoms. The van der Waals surface area contributed by atoms with Crippen molar-refractivity contribution in [1.29, 1.82) is 0 Å². The van der Waals surface area contributed by atoms with Crippen LogP contribution in [0.2, 0.25) is 0 Å². The average molecular weight is 388 g/mol. The predicted molar refractivity (Wildman–Crippen MR) is 108 cm³/mol. The van der Waals surface area contributed by atoms with Gasteiger partial charge in [0, 0.05) is 17.3 Å². The van der Waals surface area contributed by atoms with Crippen LogP contribution in [0.1, 0.15) is 16.8 Å². The van der Waals surface area contributed by atoms with Gasteiger partial charge < -0.3 is 10.1 Å². The number of allylic oxidation sites excluding steroid dienone is 2. The number of hydrogen-bond acceptors (Lipinski definition) is 4. The fourth-order valence-corrected chi connectivity index (χ4v) is 4.82. The number of rotatable bonds is 4. The topological polar surface area (TPSA) is 75.7 Å². The SMILES string of the molecule is COc1cccc(NC(=O)c2ccc(N3C(=O)[C@@H]4[C@H](C3=O)[C@H]3C=C[C@H]4C3)cc2)c1. The molecule has 3 aliphatic rings. The van der Waals surface area contributed by atoms with Crippen molar-refractivity contribution < 1.29 is 19.1 Å². The quantitative estimate of drug-likeness (QED) is 0.644. The molecule has 1 aliphatic heterocycles. The Morgan fingerprint density at radius 2 is 1.66 bits per heavy atom. The lowest BCUT2D eigenvalue weighted by Gasteiger charge is -2.17. The van der Waals surface area contributed by atoms with Gasteiger partial charge in [-0.05, 0) is 54.7 Å². The molecule has 5 rings (SSSR count). The molecular weight excluding hydrogens is 368 g/mol. The predicted octanol–water partition coefficient (Wildman–Crippen LogP) is 3.26. The first-order valence-corrected chi connectivity index (χ1v) is 9.68. The van der Waals surface area contributed by atoms with Crippen molar-refractivity contribution in [2.45, 2.75) is 6.42 Å². The molecule has 2 fully saturated rings. The van der Waals surface area contributed by atoms with Crippen LogP contribution in [0, 0.1) is 23.7 Å². The van der Waals surface area contributed by atoms with Gasteiger partial charge >= 0.3 is 0 Å². The lowest BCUT2D eigenvalue weighted by atomic mass is 9.85. The number of imide groups is 1. The molecule has 29 heavy (non-hydrogen) atoms. The second-order valence-electron chi connectivity index (χ2n) is 7.74. The van der Waals surface area contributed by atoms with Gasteiger partial charge in [0.25, 0.3) is 5.91 Å². The number of fused-ring (bicyclic) bond motifs is 5. The van der Waals surface area contributed by atoms with Crippen molar-refractivity contribution in [3.8, 4) is 5.75 Å². The Balaban J connectivity index is 1.33. The van der Waals surface area contributed by atoms with Crippen molar-refractivity contribution in [3.05, 3.63) is 66.2 Å². The van der Waals surface area contributed by atoms with Crippen molar-refractivity contribution in [1.82, 2.24) is 0 Å². The van der Waals surface area contributed by atoms with Gasteiger partial charge in [-0.15, -0.1) is 0 Å². The normalized spacial score (nSPS) is 26.7. The molecule has 3 amide bonds. The highest BCUT2D eigenvalue weighted by Crippen LogP contribution is 2.53. The Kier molecular flexibility index (Phi) is 4.01. The van der Waals surface area contributed by atoms with E-state index in [-0.39, 0.29) is 41.4 Å². The zero-order valence-electron chi connectivity index (χ0n) is 15.9. The van der Waals surface area contributed by atoms with E-state index >= 15 is 0 Å². The van der Waals surface area contributed by atoms with Gasteiger partial charge in [0.2, 0.25) is 11.8 Å². The zero-order valence-corrected chi connectivity index (χ0v) is 15.9. The zero-order chi connectivity index (χ0) is 20.1. The van der Waals surface area contributed by atoms with Gasteiger partial charge in [0.15, 0.2) is 0 Å². The first kappa shape index (κ1) is 17.7. The van der Waals surface area contributed by atoms with E-state index in [1.165, 1.54) is 4.90 Å². The fourth-order valence-electron chi connectivity index (χ4n) is 4.82. The highest BCUT2D eigenvalue weighted by atomic mass is 16.5. The second kappa shape index (κ2) is 6.58. The number of methoxy groups -OCH3 is 1. The summed E-state index contributed by atoms with van der Waals surface area (Å²) in [6.45, 7) is 0. The molecule has 0 spiro atoms. The molecule has 1 saturated heterocycles. The number of carbonyl (C=O) groups is 3. The van der Waals surface area contributed by atoms with E-state index in [1.54, 1.807) is 55.6 Å². The van der Waals surface area contributed by atoms with Crippen LogP contribution in [-0.4, -0.2) is 24.8 Å². The molecule has 2 aromatic rings. The lowest BCUT2D eigenvalue weighted by Crippen LogP contribution is -2.32. The van der Waals surface area contributed by atoms with Crippen molar-refractivity contribution in [2.24, 2.45) is 23.7 Å². The standard InChI is InChI=1S/C23H20N2O4/c1-29-18-4-2-3-16(12-18)24-21(26)13-7-9-17(10-8-13)25-22(27)19-14-5-6-15(11-14)20(19)23(25)28/h2-10,12,14-15,19-20H,11H2,1H3,(H,24,26)/t14-,15-,19-,20+/m0/s1. The molecule has 6 nitrogen and oxygen atoms in total. The van der Waals surface area contributed by atoms with E-state index < -0.39 is 0 Å². The minimum absolute atomic E-state index is 0.120. The third kappa shape index (κ3) is 2.75. The summed E-state index contributed by atoms with van der Waals surface area (Å²) < 4.78 is 5.16. The minimum Gasteiger partial charge on any atom is -0.497 e. The molecule has 0 unspecified atom stereocenters. The molecule has 1 saturated carbocycles. The van der Waals surface area contributed by atoms with Gasteiger partial charge in [-0.2, -0.15) is 0 Å². The third-order valence-electron chi connectivity index (χ3n) is 6.19. The fraction of sp³-hybridized carbons (Fsp3) is 0.261.